The van der Waals surface area contributed by atoms with Gasteiger partial charge in [0.05, 0.1) is 22.5 Å². The van der Waals surface area contributed by atoms with E-state index in [0.717, 1.165) is 11.4 Å². The Hall–Kier alpha value is -2.68. The van der Waals surface area contributed by atoms with E-state index in [0.29, 0.717) is 31.5 Å². The molecule has 2 bridgehead atoms. The van der Waals surface area contributed by atoms with Gasteiger partial charge >= 0.3 is 0 Å². The molecule has 2 aromatic carbocycles. The van der Waals surface area contributed by atoms with Crippen molar-refractivity contribution in [2.24, 2.45) is 28.8 Å². The number of halogens is 3. The number of nitrogens with one attached hydrogen (secondary N) is 1. The number of fused-ring (bicyclic) bond motifs is 5. The lowest BCUT2D eigenvalue weighted by Crippen LogP contribution is -2.28. The average Bonchev–Trinajstić information content (AvgIpc) is 3.47. The summed E-state index contributed by atoms with van der Waals surface area (Å²) in [6.45, 7) is -0.287. The molecule has 0 radical (unpaired) electrons. The number of hydrogen-bond donors (Lipinski definition) is 1. The van der Waals surface area contributed by atoms with Crippen molar-refractivity contribution in [2.45, 2.75) is 6.42 Å². The second kappa shape index (κ2) is 9.17. The fourth-order valence-electron chi connectivity index (χ4n) is 4.82. The monoisotopic (exact) mass is 561 g/mol. The highest BCUT2D eigenvalue weighted by Crippen LogP contribution is 2.52. The second-order valence-corrected chi connectivity index (χ2v) is 10.1. The molecule has 1 saturated heterocycles. The largest absolute Gasteiger partial charge is 0.482 e. The number of amides is 3. The van der Waals surface area contributed by atoms with Crippen LogP contribution >= 0.6 is 39.1 Å². The second-order valence-electron chi connectivity index (χ2n) is 8.38. The highest BCUT2D eigenvalue weighted by Gasteiger charge is 2.59. The van der Waals surface area contributed by atoms with Gasteiger partial charge in [-0.15, -0.1) is 0 Å². The van der Waals surface area contributed by atoms with Gasteiger partial charge in [-0.05, 0) is 70.6 Å². The smallest absolute Gasteiger partial charge is 0.262 e. The van der Waals surface area contributed by atoms with Gasteiger partial charge in [-0.2, -0.15) is 10.1 Å². The van der Waals surface area contributed by atoms with Crippen molar-refractivity contribution in [2.75, 3.05) is 11.9 Å². The predicted molar refractivity (Wildman–Crippen MR) is 132 cm³/mol. The van der Waals surface area contributed by atoms with Gasteiger partial charge in [0.25, 0.3) is 17.7 Å². The molecule has 4 atom stereocenters. The van der Waals surface area contributed by atoms with Crippen LogP contribution in [0.15, 0.2) is 58.1 Å². The molecular formula is C24H18BrCl2N3O4. The highest BCUT2D eigenvalue weighted by atomic mass is 79.9. The molecule has 5 rings (SSSR count). The first kappa shape index (κ1) is 23.1. The molecule has 7 nitrogen and oxygen atoms in total. The van der Waals surface area contributed by atoms with Crippen LogP contribution in [0.1, 0.15) is 12.0 Å². The first-order valence-corrected chi connectivity index (χ1v) is 12.1. The molecule has 0 aromatic heterocycles. The van der Waals surface area contributed by atoms with Gasteiger partial charge in [0.15, 0.2) is 6.61 Å². The molecule has 3 amide bonds. The zero-order valence-corrected chi connectivity index (χ0v) is 20.7. The highest BCUT2D eigenvalue weighted by molar-refractivity contribution is 9.10. The van der Waals surface area contributed by atoms with Crippen molar-refractivity contribution in [1.82, 2.24) is 5.01 Å². The lowest BCUT2D eigenvalue weighted by Gasteiger charge is -2.14. The molecule has 2 fully saturated rings. The van der Waals surface area contributed by atoms with Crippen molar-refractivity contribution >= 4 is 68.8 Å². The van der Waals surface area contributed by atoms with Gasteiger partial charge in [-0.1, -0.05) is 35.4 Å². The van der Waals surface area contributed by atoms with Gasteiger partial charge in [0.1, 0.15) is 5.75 Å². The standard InChI is InChI=1S/C24H18BrCl2N3O4/c25-18-9-16(27)8-14(22(18)34-11-19(31)29-17-5-3-15(26)4-6-17)10-28-30-23(32)20-12-1-2-13(7-12)21(20)24(30)33/h1-6,8-10,12-13,20-21H,7,11H2,(H,29,31)/t12-,13-,20-,21+/m0/s1. The number of hydrogen-bond acceptors (Lipinski definition) is 5. The first-order chi connectivity index (χ1) is 16.3. The molecule has 2 aliphatic carbocycles. The molecule has 0 unspecified atom stereocenters. The van der Waals surface area contributed by atoms with Crippen LogP contribution in [0, 0.1) is 23.7 Å². The maximum atomic E-state index is 12.9. The predicted octanol–water partition coefficient (Wildman–Crippen LogP) is 4.91. The van der Waals surface area contributed by atoms with E-state index >= 15 is 0 Å². The van der Waals surface area contributed by atoms with Crippen molar-refractivity contribution in [3.8, 4) is 5.75 Å². The minimum atomic E-state index is -0.382. The van der Waals surface area contributed by atoms with E-state index < -0.39 is 0 Å². The summed E-state index contributed by atoms with van der Waals surface area (Å²) in [6.07, 6.45) is 6.26. The van der Waals surface area contributed by atoms with E-state index in [2.05, 4.69) is 26.3 Å². The van der Waals surface area contributed by atoms with Gasteiger partial charge < -0.3 is 10.1 Å². The van der Waals surface area contributed by atoms with Crippen LogP contribution < -0.4 is 10.1 Å². The normalized spacial score (nSPS) is 24.9. The zero-order valence-electron chi connectivity index (χ0n) is 17.6. The maximum Gasteiger partial charge on any atom is 0.262 e. The van der Waals surface area contributed by atoms with Crippen LogP contribution in [0.3, 0.4) is 0 Å². The number of carbonyl (C=O) groups is 3. The van der Waals surface area contributed by atoms with Crippen molar-refractivity contribution in [3.63, 3.8) is 0 Å². The number of nitrogens with zero attached hydrogens (tertiary/aromatic N) is 2. The number of anilines is 1. The molecule has 174 valence electrons. The molecule has 10 heteroatoms. The van der Waals surface area contributed by atoms with Gasteiger partial charge in [0.2, 0.25) is 0 Å². The number of carbonyl (C=O) groups excluding carboxylic acids is 3. The van der Waals surface area contributed by atoms with Crippen molar-refractivity contribution < 1.29 is 19.1 Å². The number of allylic oxidation sites excluding steroid dienone is 2. The van der Waals surface area contributed by atoms with Crippen LogP contribution in [0.4, 0.5) is 5.69 Å². The summed E-state index contributed by atoms with van der Waals surface area (Å²) in [4.78, 5) is 38.1. The number of imide groups is 1. The molecule has 2 aromatic rings. The molecule has 1 aliphatic heterocycles. The summed E-state index contributed by atoms with van der Waals surface area (Å²) in [5.74, 6) is -1.11. The molecule has 1 heterocycles. The fourth-order valence-corrected chi connectivity index (χ4v) is 5.89. The summed E-state index contributed by atoms with van der Waals surface area (Å²) in [5.41, 5.74) is 0.993. The van der Waals surface area contributed by atoms with Crippen LogP contribution in [0.5, 0.6) is 5.75 Å². The minimum absolute atomic E-state index is 0.102. The van der Waals surface area contributed by atoms with E-state index in [1.807, 2.05) is 12.2 Å². The van der Waals surface area contributed by atoms with E-state index in [1.165, 1.54) is 6.21 Å². The van der Waals surface area contributed by atoms with E-state index in [4.69, 9.17) is 27.9 Å². The van der Waals surface area contributed by atoms with Gasteiger partial charge in [-0.3, -0.25) is 14.4 Å². The molecule has 1 saturated carbocycles. The fraction of sp³-hybridized carbons (Fsp3) is 0.250. The molecule has 3 aliphatic rings. The first-order valence-electron chi connectivity index (χ1n) is 10.6. The summed E-state index contributed by atoms with van der Waals surface area (Å²) in [6, 6.07) is 9.89. The maximum absolute atomic E-state index is 12.9. The third-order valence-corrected chi connectivity index (χ3v) is 7.33. The summed E-state index contributed by atoms with van der Waals surface area (Å²) in [5, 5.41) is 8.81. The van der Waals surface area contributed by atoms with Crippen molar-refractivity contribution in [1.29, 1.82) is 0 Å². The zero-order chi connectivity index (χ0) is 24.0. The Morgan fingerprint density at radius 1 is 1.09 bits per heavy atom. The summed E-state index contributed by atoms with van der Waals surface area (Å²) < 4.78 is 6.23. The van der Waals surface area contributed by atoms with E-state index in [1.54, 1.807) is 36.4 Å². The topological polar surface area (TPSA) is 88.1 Å². The third kappa shape index (κ3) is 4.26. The van der Waals surface area contributed by atoms with Crippen LogP contribution in [0.2, 0.25) is 10.0 Å². The Balaban J connectivity index is 1.31. The molecule has 1 N–H and O–H groups in total. The molecule has 0 spiro atoms. The van der Waals surface area contributed by atoms with Crippen LogP contribution in [-0.2, 0) is 14.4 Å². The Kier molecular flexibility index (Phi) is 6.22. The SMILES string of the molecule is O=C(COc1c(Br)cc(Cl)cc1C=NN1C(=O)[C@@H]2[C@H](C1=O)[C@H]1C=C[C@H]2C1)Nc1ccc(Cl)cc1. The Morgan fingerprint density at radius 3 is 2.38 bits per heavy atom. The summed E-state index contributed by atoms with van der Waals surface area (Å²) >= 11 is 15.4. The lowest BCUT2D eigenvalue weighted by atomic mass is 9.85. The van der Waals surface area contributed by atoms with E-state index in [9.17, 15) is 14.4 Å². The summed E-state index contributed by atoms with van der Waals surface area (Å²) in [7, 11) is 0. The van der Waals surface area contributed by atoms with Crippen LogP contribution in [0.25, 0.3) is 0 Å². The lowest BCUT2D eigenvalue weighted by molar-refractivity contribution is -0.140. The Morgan fingerprint density at radius 2 is 1.74 bits per heavy atom. The van der Waals surface area contributed by atoms with Gasteiger partial charge in [0, 0.05) is 21.3 Å². The van der Waals surface area contributed by atoms with Crippen LogP contribution in [-0.4, -0.2) is 35.6 Å². The van der Waals surface area contributed by atoms with E-state index in [-0.39, 0.29) is 48.0 Å². The quantitative estimate of drug-likeness (QED) is 0.308. The Labute approximate surface area is 213 Å². The third-order valence-electron chi connectivity index (χ3n) is 6.27. The van der Waals surface area contributed by atoms with Crippen molar-refractivity contribution in [3.05, 3.63) is 68.6 Å². The van der Waals surface area contributed by atoms with Gasteiger partial charge in [-0.25, -0.2) is 0 Å². The average molecular weight is 563 g/mol. The molecular weight excluding hydrogens is 545 g/mol. The number of rotatable bonds is 6. The minimum Gasteiger partial charge on any atom is -0.482 e. The molecule has 34 heavy (non-hydrogen) atoms. The number of ether oxygens (including phenoxy) is 1. The number of benzene rings is 2. The number of hydrazone groups is 1. The Bertz CT molecular complexity index is 1220.